The van der Waals surface area contributed by atoms with E-state index in [1.54, 1.807) is 0 Å². The fourth-order valence-corrected chi connectivity index (χ4v) is 3.82. The number of carboxylic acid groups (broad SMARTS) is 1. The number of hydrogen-bond donors (Lipinski definition) is 3. The number of nitrogens with two attached hydrogens (primary N) is 1. The van der Waals surface area contributed by atoms with Gasteiger partial charge in [-0.15, -0.1) is 0 Å². The average Bonchev–Trinajstić information content (AvgIpc) is 2.80. The van der Waals surface area contributed by atoms with E-state index in [2.05, 4.69) is 36.5 Å². The summed E-state index contributed by atoms with van der Waals surface area (Å²) in [4.78, 5) is 23.2. The molecule has 1 amide bonds. The summed E-state index contributed by atoms with van der Waals surface area (Å²) in [5.41, 5.74) is 5.44. The van der Waals surface area contributed by atoms with E-state index in [-0.39, 0.29) is 5.91 Å². The molecule has 0 aliphatic rings. The normalized spacial score (nSPS) is 12.5. The van der Waals surface area contributed by atoms with Gasteiger partial charge in [-0.2, -0.15) is 0 Å². The highest BCUT2D eigenvalue weighted by molar-refractivity contribution is 5.83. The van der Waals surface area contributed by atoms with E-state index in [4.69, 9.17) is 5.73 Å². The Morgan fingerprint density at radius 1 is 0.758 bits per heavy atom. The number of rotatable bonds is 24. The molecule has 0 saturated heterocycles. The van der Waals surface area contributed by atoms with Crippen molar-refractivity contribution in [1.82, 2.24) is 5.32 Å². The second-order valence-electron chi connectivity index (χ2n) is 9.14. The number of amides is 1. The number of allylic oxidation sites excluding steroid dienone is 4. The third-order valence-corrected chi connectivity index (χ3v) is 5.93. The molecule has 0 aromatic carbocycles. The van der Waals surface area contributed by atoms with Crippen molar-refractivity contribution >= 4 is 11.9 Å². The van der Waals surface area contributed by atoms with Gasteiger partial charge < -0.3 is 16.2 Å². The number of unbranched alkanes of at least 4 members (excludes halogenated alkanes) is 13. The molecule has 5 heteroatoms. The summed E-state index contributed by atoms with van der Waals surface area (Å²) in [5, 5.41) is 11.9. The standard InChI is InChI=1S/C28H52N2O3/c1-2-3-4-5-6-7-8-9-10-11-12-13-14-15-16-17-18-19-20-24-27(31)30-26(28(32)33)23-21-22-25-29/h6-7,9-10,26H,2-5,8,11-25,29H2,1H3,(H,30,31)(H,32,33)/b7-6-,10-9-/t26-/m0/s1. The highest BCUT2D eigenvalue weighted by Gasteiger charge is 2.18. The van der Waals surface area contributed by atoms with Gasteiger partial charge in [-0.3, -0.25) is 4.79 Å². The van der Waals surface area contributed by atoms with Gasteiger partial charge in [-0.1, -0.05) is 89.0 Å². The Kier molecular flexibility index (Phi) is 23.8. The maximum atomic E-state index is 12.0. The summed E-state index contributed by atoms with van der Waals surface area (Å²) < 4.78 is 0. The molecule has 0 spiro atoms. The van der Waals surface area contributed by atoms with Crippen molar-refractivity contribution in [3.8, 4) is 0 Å². The Hall–Kier alpha value is -1.62. The zero-order valence-electron chi connectivity index (χ0n) is 21.4. The van der Waals surface area contributed by atoms with Crippen molar-refractivity contribution in [3.63, 3.8) is 0 Å². The fourth-order valence-electron chi connectivity index (χ4n) is 3.82. The number of carbonyl (C=O) groups excluding carboxylic acids is 1. The summed E-state index contributed by atoms with van der Waals surface area (Å²) in [6, 6.07) is -0.781. The van der Waals surface area contributed by atoms with Crippen LogP contribution in [0.4, 0.5) is 0 Å². The van der Waals surface area contributed by atoms with Gasteiger partial charge >= 0.3 is 5.97 Å². The lowest BCUT2D eigenvalue weighted by Crippen LogP contribution is -2.40. The van der Waals surface area contributed by atoms with E-state index in [9.17, 15) is 14.7 Å². The van der Waals surface area contributed by atoms with Crippen molar-refractivity contribution in [2.45, 2.75) is 135 Å². The van der Waals surface area contributed by atoms with Crippen molar-refractivity contribution < 1.29 is 14.7 Å². The molecular weight excluding hydrogens is 412 g/mol. The first kappa shape index (κ1) is 31.4. The van der Waals surface area contributed by atoms with Crippen LogP contribution in [0.3, 0.4) is 0 Å². The quantitative estimate of drug-likeness (QED) is 0.105. The van der Waals surface area contributed by atoms with E-state index < -0.39 is 12.0 Å². The summed E-state index contributed by atoms with van der Waals surface area (Å²) in [6.45, 7) is 2.79. The third kappa shape index (κ3) is 23.3. The maximum absolute atomic E-state index is 12.0. The largest absolute Gasteiger partial charge is 0.480 e. The molecule has 5 nitrogen and oxygen atoms in total. The predicted octanol–water partition coefficient (Wildman–Crippen LogP) is 7.06. The second kappa shape index (κ2) is 25.0. The topological polar surface area (TPSA) is 92.4 Å². The minimum absolute atomic E-state index is 0.146. The zero-order valence-corrected chi connectivity index (χ0v) is 21.4. The second-order valence-corrected chi connectivity index (χ2v) is 9.14. The molecule has 0 heterocycles. The Labute approximate surface area is 203 Å². The molecule has 0 aromatic heterocycles. The van der Waals surface area contributed by atoms with Crippen LogP contribution in [0, 0.1) is 0 Å². The zero-order chi connectivity index (χ0) is 24.4. The van der Waals surface area contributed by atoms with Gasteiger partial charge in [0.2, 0.25) is 5.91 Å². The summed E-state index contributed by atoms with van der Waals surface area (Å²) >= 11 is 0. The molecule has 0 bridgehead atoms. The minimum Gasteiger partial charge on any atom is -0.480 e. The molecule has 192 valence electrons. The first-order valence-corrected chi connectivity index (χ1v) is 13.6. The number of aliphatic carboxylic acids is 1. The van der Waals surface area contributed by atoms with Crippen molar-refractivity contribution in [1.29, 1.82) is 0 Å². The number of hydrogen-bond acceptors (Lipinski definition) is 3. The lowest BCUT2D eigenvalue weighted by Gasteiger charge is -2.14. The van der Waals surface area contributed by atoms with Gasteiger partial charge in [0.1, 0.15) is 6.04 Å². The average molecular weight is 465 g/mol. The van der Waals surface area contributed by atoms with Gasteiger partial charge in [-0.05, 0) is 64.3 Å². The molecule has 0 aromatic rings. The van der Waals surface area contributed by atoms with E-state index in [1.165, 1.54) is 70.6 Å². The van der Waals surface area contributed by atoms with Crippen molar-refractivity contribution in [3.05, 3.63) is 24.3 Å². The van der Waals surface area contributed by atoms with Crippen LogP contribution in [-0.4, -0.2) is 29.6 Å². The Morgan fingerprint density at radius 2 is 1.30 bits per heavy atom. The molecule has 4 N–H and O–H groups in total. The van der Waals surface area contributed by atoms with Crippen LogP contribution in [0.2, 0.25) is 0 Å². The van der Waals surface area contributed by atoms with Crippen LogP contribution < -0.4 is 11.1 Å². The molecule has 0 fully saturated rings. The van der Waals surface area contributed by atoms with E-state index in [0.29, 0.717) is 19.4 Å². The molecule has 1 atom stereocenters. The molecule has 0 radical (unpaired) electrons. The lowest BCUT2D eigenvalue weighted by atomic mass is 10.1. The smallest absolute Gasteiger partial charge is 0.326 e. The molecule has 0 unspecified atom stereocenters. The molecular formula is C28H52N2O3. The van der Waals surface area contributed by atoms with Crippen LogP contribution in [-0.2, 0) is 9.59 Å². The first-order chi connectivity index (χ1) is 16.1. The predicted molar refractivity (Wildman–Crippen MR) is 140 cm³/mol. The van der Waals surface area contributed by atoms with Gasteiger partial charge in [0.25, 0.3) is 0 Å². The summed E-state index contributed by atoms with van der Waals surface area (Å²) in [5.74, 6) is -1.10. The van der Waals surface area contributed by atoms with E-state index in [0.717, 1.165) is 38.5 Å². The highest BCUT2D eigenvalue weighted by Crippen LogP contribution is 2.12. The van der Waals surface area contributed by atoms with Crippen LogP contribution >= 0.6 is 0 Å². The first-order valence-electron chi connectivity index (χ1n) is 13.6. The monoisotopic (exact) mass is 464 g/mol. The number of carbonyl (C=O) groups is 2. The Balaban J connectivity index is 3.46. The Morgan fingerprint density at radius 3 is 1.85 bits per heavy atom. The number of nitrogens with one attached hydrogen (secondary N) is 1. The van der Waals surface area contributed by atoms with Crippen LogP contribution in [0.5, 0.6) is 0 Å². The van der Waals surface area contributed by atoms with Crippen molar-refractivity contribution in [2.24, 2.45) is 5.73 Å². The van der Waals surface area contributed by atoms with Crippen LogP contribution in [0.25, 0.3) is 0 Å². The van der Waals surface area contributed by atoms with E-state index >= 15 is 0 Å². The van der Waals surface area contributed by atoms with Crippen LogP contribution in [0.15, 0.2) is 24.3 Å². The molecule has 0 saturated carbocycles. The molecule has 33 heavy (non-hydrogen) atoms. The SMILES string of the molecule is CCCCC/C=C\C/C=C\CCCCCCCCCCCC(=O)N[C@@H](CCCCN)C(=O)O. The molecule has 0 aliphatic carbocycles. The molecule has 0 rings (SSSR count). The van der Waals surface area contributed by atoms with Gasteiger partial charge in [0.15, 0.2) is 0 Å². The molecule has 0 aliphatic heterocycles. The van der Waals surface area contributed by atoms with Gasteiger partial charge in [-0.25, -0.2) is 4.79 Å². The van der Waals surface area contributed by atoms with E-state index in [1.807, 2.05) is 0 Å². The maximum Gasteiger partial charge on any atom is 0.326 e. The Bertz CT molecular complexity index is 517. The summed E-state index contributed by atoms with van der Waals surface area (Å²) in [6.07, 6.45) is 29.8. The van der Waals surface area contributed by atoms with Crippen molar-refractivity contribution in [2.75, 3.05) is 6.54 Å². The lowest BCUT2D eigenvalue weighted by molar-refractivity contribution is -0.142. The van der Waals surface area contributed by atoms with Gasteiger partial charge in [0, 0.05) is 6.42 Å². The van der Waals surface area contributed by atoms with Gasteiger partial charge in [0.05, 0.1) is 0 Å². The minimum atomic E-state index is -0.957. The highest BCUT2D eigenvalue weighted by atomic mass is 16.4. The number of carboxylic acids is 1. The fraction of sp³-hybridized carbons (Fsp3) is 0.786. The third-order valence-electron chi connectivity index (χ3n) is 5.93. The summed E-state index contributed by atoms with van der Waals surface area (Å²) in [7, 11) is 0. The van der Waals surface area contributed by atoms with Crippen LogP contribution in [0.1, 0.15) is 129 Å².